The van der Waals surface area contributed by atoms with E-state index >= 15 is 0 Å². The van der Waals surface area contributed by atoms with Gasteiger partial charge in [-0.15, -0.1) is 0 Å². The molecule has 2 atom stereocenters. The lowest BCUT2D eigenvalue weighted by atomic mass is 10.0. The lowest BCUT2D eigenvalue weighted by Crippen LogP contribution is -2.48. The van der Waals surface area contributed by atoms with Gasteiger partial charge in [0.05, 0.1) is 19.2 Å². The molecule has 2 saturated heterocycles. The van der Waals surface area contributed by atoms with Gasteiger partial charge < -0.3 is 14.7 Å². The second-order valence-electron chi connectivity index (χ2n) is 3.62. The highest BCUT2D eigenvalue weighted by molar-refractivity contribution is 5.82. The van der Waals surface area contributed by atoms with Gasteiger partial charge in [0.2, 0.25) is 5.91 Å². The number of hydrogen-bond donors (Lipinski definition) is 1. The fourth-order valence-corrected chi connectivity index (χ4v) is 2.05. The molecule has 0 aromatic rings. The van der Waals surface area contributed by atoms with Crippen molar-refractivity contribution in [3.8, 4) is 0 Å². The van der Waals surface area contributed by atoms with E-state index < -0.39 is 11.6 Å². The summed E-state index contributed by atoms with van der Waals surface area (Å²) >= 11 is 0. The fourth-order valence-electron chi connectivity index (χ4n) is 2.05. The minimum Gasteiger partial charge on any atom is -0.479 e. The van der Waals surface area contributed by atoms with E-state index in [1.54, 1.807) is 4.90 Å². The van der Waals surface area contributed by atoms with Crippen molar-refractivity contribution in [1.29, 1.82) is 0 Å². The molecule has 0 saturated carbocycles. The first-order chi connectivity index (χ1) is 6.05. The Labute approximate surface area is 75.3 Å². The van der Waals surface area contributed by atoms with Crippen LogP contribution in [-0.4, -0.2) is 46.7 Å². The highest BCUT2D eigenvalue weighted by Crippen LogP contribution is 2.37. The van der Waals surface area contributed by atoms with E-state index in [1.807, 2.05) is 0 Å². The average molecular weight is 185 g/mol. The van der Waals surface area contributed by atoms with Crippen LogP contribution in [0.25, 0.3) is 0 Å². The lowest BCUT2D eigenvalue weighted by Gasteiger charge is -2.29. The number of nitrogens with zero attached hydrogens (tertiary/aromatic N) is 1. The maximum Gasteiger partial charge on any atom is 0.337 e. The molecule has 0 aliphatic carbocycles. The van der Waals surface area contributed by atoms with Crippen LogP contribution < -0.4 is 0 Å². The van der Waals surface area contributed by atoms with E-state index in [2.05, 4.69) is 0 Å². The Balaban J connectivity index is 2.22. The average Bonchev–Trinajstić information content (AvgIpc) is 2.60. The van der Waals surface area contributed by atoms with Gasteiger partial charge in [-0.1, -0.05) is 0 Å². The first-order valence-corrected chi connectivity index (χ1v) is 4.20. The Bertz CT molecular complexity index is 277. The molecule has 2 unspecified atom stereocenters. The molecule has 1 amide bonds. The Morgan fingerprint density at radius 1 is 1.62 bits per heavy atom. The molecule has 2 heterocycles. The predicted octanol–water partition coefficient (Wildman–Crippen LogP) is -0.539. The molecule has 2 aliphatic rings. The van der Waals surface area contributed by atoms with Crippen molar-refractivity contribution >= 4 is 11.9 Å². The topological polar surface area (TPSA) is 66.8 Å². The third kappa shape index (κ3) is 1.03. The number of likely N-dealkylation sites (tertiary alicyclic amines) is 1. The van der Waals surface area contributed by atoms with Gasteiger partial charge in [0.15, 0.2) is 5.60 Å². The van der Waals surface area contributed by atoms with Crippen molar-refractivity contribution in [2.24, 2.45) is 0 Å². The van der Waals surface area contributed by atoms with Crippen LogP contribution in [0.15, 0.2) is 0 Å². The number of ether oxygens (including phenoxy) is 1. The number of morpholine rings is 1. The molecule has 72 valence electrons. The van der Waals surface area contributed by atoms with Gasteiger partial charge in [-0.2, -0.15) is 0 Å². The third-order valence-electron chi connectivity index (χ3n) is 2.78. The Hall–Kier alpha value is -1.10. The van der Waals surface area contributed by atoms with Gasteiger partial charge in [-0.25, -0.2) is 4.79 Å². The molecule has 0 radical (unpaired) electrons. The SMILES string of the molecule is CC(=O)N1CC2(C(=O)O)CC1CO2. The monoisotopic (exact) mass is 185 g/mol. The van der Waals surface area contributed by atoms with E-state index in [1.165, 1.54) is 6.92 Å². The van der Waals surface area contributed by atoms with Crippen molar-refractivity contribution in [1.82, 2.24) is 4.90 Å². The molecule has 13 heavy (non-hydrogen) atoms. The number of carboxylic acids is 1. The number of carbonyl (C=O) groups excluding carboxylic acids is 1. The number of carboxylic acid groups (broad SMARTS) is 1. The first kappa shape index (κ1) is 8.50. The maximum absolute atomic E-state index is 11.1. The standard InChI is InChI=1S/C8H11NO4/c1-5(10)9-4-8(7(11)12)2-6(9)3-13-8/h6H,2-4H2,1H3,(H,11,12). The predicted molar refractivity (Wildman–Crippen MR) is 42.1 cm³/mol. The zero-order chi connectivity index (χ0) is 9.64. The van der Waals surface area contributed by atoms with Crippen molar-refractivity contribution in [3.63, 3.8) is 0 Å². The molecule has 0 aromatic carbocycles. The van der Waals surface area contributed by atoms with E-state index in [0.717, 1.165) is 0 Å². The number of carbonyl (C=O) groups is 2. The first-order valence-electron chi connectivity index (χ1n) is 4.20. The number of amides is 1. The highest BCUT2D eigenvalue weighted by atomic mass is 16.5. The number of rotatable bonds is 1. The van der Waals surface area contributed by atoms with Crippen LogP contribution in [0, 0.1) is 0 Å². The summed E-state index contributed by atoms with van der Waals surface area (Å²) in [4.78, 5) is 23.5. The number of hydrogen-bond acceptors (Lipinski definition) is 3. The summed E-state index contributed by atoms with van der Waals surface area (Å²) in [7, 11) is 0. The third-order valence-corrected chi connectivity index (χ3v) is 2.78. The van der Waals surface area contributed by atoms with Crippen LogP contribution in [-0.2, 0) is 14.3 Å². The maximum atomic E-state index is 11.1. The fraction of sp³-hybridized carbons (Fsp3) is 0.750. The zero-order valence-electron chi connectivity index (χ0n) is 7.32. The van der Waals surface area contributed by atoms with Crippen molar-refractivity contribution in [3.05, 3.63) is 0 Å². The second kappa shape index (κ2) is 2.45. The normalized spacial score (nSPS) is 36.7. The summed E-state index contributed by atoms with van der Waals surface area (Å²) < 4.78 is 5.19. The molecule has 2 bridgehead atoms. The molecule has 5 nitrogen and oxygen atoms in total. The summed E-state index contributed by atoms with van der Waals surface area (Å²) in [5.41, 5.74) is -1.11. The lowest BCUT2D eigenvalue weighted by molar-refractivity contribution is -0.164. The van der Waals surface area contributed by atoms with Crippen molar-refractivity contribution in [2.75, 3.05) is 13.2 Å². The smallest absolute Gasteiger partial charge is 0.337 e. The van der Waals surface area contributed by atoms with Gasteiger partial charge in [0, 0.05) is 13.3 Å². The highest BCUT2D eigenvalue weighted by Gasteiger charge is 2.56. The number of aliphatic carboxylic acids is 1. The minimum atomic E-state index is -1.11. The van der Waals surface area contributed by atoms with Crippen LogP contribution in [0.5, 0.6) is 0 Å². The molecule has 0 spiro atoms. The largest absolute Gasteiger partial charge is 0.479 e. The van der Waals surface area contributed by atoms with Crippen molar-refractivity contribution in [2.45, 2.75) is 25.0 Å². The Kier molecular flexibility index (Phi) is 1.60. The van der Waals surface area contributed by atoms with Crippen LogP contribution in [0.4, 0.5) is 0 Å². The van der Waals surface area contributed by atoms with E-state index in [-0.39, 0.29) is 18.5 Å². The van der Waals surface area contributed by atoms with Crippen LogP contribution >= 0.6 is 0 Å². The second-order valence-corrected chi connectivity index (χ2v) is 3.62. The molecule has 0 aromatic heterocycles. The Morgan fingerprint density at radius 2 is 2.31 bits per heavy atom. The molecular weight excluding hydrogens is 174 g/mol. The number of fused-ring (bicyclic) bond motifs is 2. The van der Waals surface area contributed by atoms with Crippen LogP contribution in [0.1, 0.15) is 13.3 Å². The summed E-state index contributed by atoms with van der Waals surface area (Å²) in [6, 6.07) is -0.0337. The molecule has 5 heteroatoms. The van der Waals surface area contributed by atoms with Gasteiger partial charge in [0.25, 0.3) is 0 Å². The van der Waals surface area contributed by atoms with E-state index in [9.17, 15) is 9.59 Å². The molecular formula is C8H11NO4. The zero-order valence-corrected chi connectivity index (χ0v) is 7.32. The summed E-state index contributed by atoms with van der Waals surface area (Å²) in [6.07, 6.45) is 0.432. The van der Waals surface area contributed by atoms with Gasteiger partial charge in [-0.3, -0.25) is 4.79 Å². The molecule has 2 rings (SSSR count). The van der Waals surface area contributed by atoms with E-state index in [0.29, 0.717) is 13.0 Å². The van der Waals surface area contributed by atoms with Crippen molar-refractivity contribution < 1.29 is 19.4 Å². The van der Waals surface area contributed by atoms with Crippen LogP contribution in [0.2, 0.25) is 0 Å². The van der Waals surface area contributed by atoms with Gasteiger partial charge in [0.1, 0.15) is 0 Å². The van der Waals surface area contributed by atoms with Crippen LogP contribution in [0.3, 0.4) is 0 Å². The quantitative estimate of drug-likeness (QED) is 0.595. The van der Waals surface area contributed by atoms with Gasteiger partial charge >= 0.3 is 5.97 Å². The van der Waals surface area contributed by atoms with Gasteiger partial charge in [-0.05, 0) is 0 Å². The molecule has 1 N–H and O–H groups in total. The summed E-state index contributed by atoms with van der Waals surface area (Å²) in [5.74, 6) is -1.03. The molecule has 2 aliphatic heterocycles. The minimum absolute atomic E-state index is 0.0337. The molecule has 2 fully saturated rings. The Morgan fingerprint density at radius 3 is 2.69 bits per heavy atom. The van der Waals surface area contributed by atoms with E-state index in [4.69, 9.17) is 9.84 Å². The summed E-state index contributed by atoms with van der Waals surface area (Å²) in [5, 5.41) is 8.93. The summed E-state index contributed by atoms with van der Waals surface area (Å²) in [6.45, 7) is 2.00.